The smallest absolute Gasteiger partial charge is 0.258 e. The third kappa shape index (κ3) is 6.53. The van der Waals surface area contributed by atoms with Gasteiger partial charge in [0.05, 0.1) is 21.1 Å². The molecule has 0 spiro atoms. The Morgan fingerprint density at radius 1 is 0.974 bits per heavy atom. The molecule has 0 saturated heterocycles. The quantitative estimate of drug-likeness (QED) is 0.135. The van der Waals surface area contributed by atoms with Crippen molar-refractivity contribution in [1.82, 2.24) is 14.8 Å². The summed E-state index contributed by atoms with van der Waals surface area (Å²) in [6.07, 6.45) is -2.87. The van der Waals surface area contributed by atoms with Crippen LogP contribution in [0.5, 0.6) is 0 Å². The largest absolute Gasteiger partial charge is 0.416 e. The molecule has 13 heteroatoms. The number of aromatic nitrogens is 3. The monoisotopic (exact) mass is 564 g/mol. The van der Waals surface area contributed by atoms with Crippen LogP contribution in [0.3, 0.4) is 0 Å². The minimum atomic E-state index is -4.81. The summed E-state index contributed by atoms with van der Waals surface area (Å²) in [6.45, 7) is 0.679. The van der Waals surface area contributed by atoms with Gasteiger partial charge in [-0.25, -0.2) is 23.2 Å². The minimum Gasteiger partial charge on any atom is -0.258 e. The second-order valence-corrected chi connectivity index (χ2v) is 9.77. The highest BCUT2D eigenvalue weighted by Gasteiger charge is 2.34. The van der Waals surface area contributed by atoms with Crippen LogP contribution in [0.25, 0.3) is 5.69 Å². The second kappa shape index (κ2) is 11.0. The first-order valence-electron chi connectivity index (χ1n) is 11.6. The number of H-pyrrole nitrogens is 1. The Balaban J connectivity index is 1.68. The number of aryl methyl sites for hydroxylation is 2. The molecule has 39 heavy (non-hydrogen) atoms. The SMILES string of the molecule is CC(F)(F)c1cc(CCCc2ccccc2)ccc1-n1c(Sc2ccc(C(F)(F)F)cc2[N+](=O)[O-])n[nH]c1=O. The zero-order chi connectivity index (χ0) is 28.4. The van der Waals surface area contributed by atoms with E-state index in [9.17, 15) is 36.9 Å². The molecule has 204 valence electrons. The Morgan fingerprint density at radius 3 is 2.31 bits per heavy atom. The van der Waals surface area contributed by atoms with Crippen molar-refractivity contribution in [3.63, 3.8) is 0 Å². The summed E-state index contributed by atoms with van der Waals surface area (Å²) in [7, 11) is 0. The number of aromatic amines is 1. The zero-order valence-electron chi connectivity index (χ0n) is 20.3. The lowest BCUT2D eigenvalue weighted by molar-refractivity contribution is -0.388. The molecule has 0 atom stereocenters. The lowest BCUT2D eigenvalue weighted by Crippen LogP contribution is -2.21. The molecule has 0 fully saturated rings. The van der Waals surface area contributed by atoms with Crippen molar-refractivity contribution in [2.75, 3.05) is 0 Å². The van der Waals surface area contributed by atoms with E-state index >= 15 is 0 Å². The van der Waals surface area contributed by atoms with Crippen LogP contribution in [-0.4, -0.2) is 19.7 Å². The molecule has 0 radical (unpaired) electrons. The maximum absolute atomic E-state index is 14.7. The Kier molecular flexibility index (Phi) is 7.91. The van der Waals surface area contributed by atoms with E-state index in [-0.39, 0.29) is 15.7 Å². The van der Waals surface area contributed by atoms with Gasteiger partial charge in [0.25, 0.3) is 11.6 Å². The van der Waals surface area contributed by atoms with Crippen LogP contribution in [0.4, 0.5) is 27.6 Å². The topological polar surface area (TPSA) is 93.8 Å². The first-order valence-corrected chi connectivity index (χ1v) is 12.4. The van der Waals surface area contributed by atoms with E-state index in [0.717, 1.165) is 22.6 Å². The van der Waals surface area contributed by atoms with Crippen LogP contribution >= 0.6 is 11.8 Å². The highest BCUT2D eigenvalue weighted by Crippen LogP contribution is 2.40. The third-order valence-corrected chi connectivity index (χ3v) is 6.90. The van der Waals surface area contributed by atoms with Gasteiger partial charge in [-0.15, -0.1) is 5.10 Å². The molecule has 1 aromatic heterocycles. The number of alkyl halides is 5. The van der Waals surface area contributed by atoms with E-state index in [1.165, 1.54) is 12.1 Å². The first-order chi connectivity index (χ1) is 18.3. The van der Waals surface area contributed by atoms with E-state index in [1.807, 2.05) is 30.3 Å². The van der Waals surface area contributed by atoms with Crippen molar-refractivity contribution in [2.45, 2.75) is 48.3 Å². The summed E-state index contributed by atoms with van der Waals surface area (Å²) >= 11 is 0.506. The average molecular weight is 565 g/mol. The molecule has 0 aliphatic heterocycles. The number of benzene rings is 3. The fourth-order valence-electron chi connectivity index (χ4n) is 4.01. The molecule has 0 aliphatic rings. The highest BCUT2D eigenvalue weighted by molar-refractivity contribution is 7.99. The van der Waals surface area contributed by atoms with Gasteiger partial charge in [-0.2, -0.15) is 13.2 Å². The molecule has 1 N–H and O–H groups in total. The number of nitro groups is 1. The van der Waals surface area contributed by atoms with E-state index in [2.05, 4.69) is 10.2 Å². The number of nitrogens with one attached hydrogen (secondary N) is 1. The molecule has 0 amide bonds. The van der Waals surface area contributed by atoms with Crippen LogP contribution in [0.1, 0.15) is 35.6 Å². The van der Waals surface area contributed by atoms with Gasteiger partial charge in [-0.3, -0.25) is 10.1 Å². The Morgan fingerprint density at radius 2 is 1.67 bits per heavy atom. The first kappa shape index (κ1) is 28.0. The molecule has 4 rings (SSSR count). The third-order valence-electron chi connectivity index (χ3n) is 5.87. The van der Waals surface area contributed by atoms with Crippen LogP contribution in [0.2, 0.25) is 0 Å². The van der Waals surface area contributed by atoms with Gasteiger partial charge in [0, 0.05) is 18.6 Å². The lowest BCUT2D eigenvalue weighted by atomic mass is 9.99. The van der Waals surface area contributed by atoms with Crippen LogP contribution in [0, 0.1) is 10.1 Å². The van der Waals surface area contributed by atoms with Crippen molar-refractivity contribution < 1.29 is 26.9 Å². The van der Waals surface area contributed by atoms with Crippen LogP contribution in [0.15, 0.2) is 81.6 Å². The standard InChI is InChI=1S/C26H21F5N4O3S/c1-25(27,28)19-14-17(9-5-8-16-6-3-2-4-7-16)10-12-20(19)34-23(36)32-33-24(34)39-22-13-11-18(26(29,30)31)15-21(22)35(37)38/h2-4,6-7,10-15H,5,8-9H2,1H3,(H,32,36). The van der Waals surface area contributed by atoms with Crippen molar-refractivity contribution in [3.8, 4) is 5.69 Å². The highest BCUT2D eigenvalue weighted by atomic mass is 32.2. The van der Waals surface area contributed by atoms with Crippen molar-refractivity contribution in [1.29, 1.82) is 0 Å². The number of nitro benzene ring substituents is 1. The minimum absolute atomic E-state index is 0.204. The van der Waals surface area contributed by atoms with Gasteiger partial charge >= 0.3 is 11.9 Å². The van der Waals surface area contributed by atoms with E-state index < -0.39 is 39.5 Å². The van der Waals surface area contributed by atoms with Crippen molar-refractivity contribution in [3.05, 3.63) is 110 Å². The van der Waals surface area contributed by atoms with Gasteiger partial charge in [0.2, 0.25) is 5.16 Å². The maximum Gasteiger partial charge on any atom is 0.416 e. The van der Waals surface area contributed by atoms with Gasteiger partial charge in [-0.1, -0.05) is 36.4 Å². The van der Waals surface area contributed by atoms with Gasteiger partial charge < -0.3 is 0 Å². The van der Waals surface area contributed by atoms with Crippen molar-refractivity contribution in [2.24, 2.45) is 0 Å². The molecule has 1 heterocycles. The number of hydrogen-bond donors (Lipinski definition) is 1. The van der Waals surface area contributed by atoms with E-state index in [1.54, 1.807) is 6.07 Å². The van der Waals surface area contributed by atoms with Gasteiger partial charge in [-0.05, 0) is 66.4 Å². The summed E-state index contributed by atoms with van der Waals surface area (Å²) in [5.74, 6) is -3.37. The fraction of sp³-hybridized carbons (Fsp3) is 0.231. The molecular weight excluding hydrogens is 543 g/mol. The Bertz CT molecular complexity index is 1550. The Labute approximate surface area is 222 Å². The van der Waals surface area contributed by atoms with E-state index in [0.29, 0.717) is 49.2 Å². The predicted octanol–water partition coefficient (Wildman–Crippen LogP) is 6.93. The summed E-state index contributed by atoms with van der Waals surface area (Å²) in [5.41, 5.74) is -1.93. The summed E-state index contributed by atoms with van der Waals surface area (Å²) in [6, 6.07) is 15.8. The van der Waals surface area contributed by atoms with Crippen molar-refractivity contribution >= 4 is 17.4 Å². The van der Waals surface area contributed by atoms with Crippen LogP contribution in [-0.2, 0) is 24.9 Å². The summed E-state index contributed by atoms with van der Waals surface area (Å²) < 4.78 is 69.5. The molecule has 3 aromatic carbocycles. The molecule has 4 aromatic rings. The molecule has 0 aliphatic carbocycles. The fourth-order valence-corrected chi connectivity index (χ4v) is 4.95. The normalized spacial score (nSPS) is 12.1. The molecule has 0 unspecified atom stereocenters. The molecule has 7 nitrogen and oxygen atoms in total. The Hall–Kier alpha value is -4.00. The zero-order valence-corrected chi connectivity index (χ0v) is 21.2. The van der Waals surface area contributed by atoms with Gasteiger partial charge in [0.1, 0.15) is 0 Å². The molecular formula is C26H21F5N4O3S. The number of rotatable bonds is 9. The predicted molar refractivity (Wildman–Crippen MR) is 134 cm³/mol. The average Bonchev–Trinajstić information content (AvgIpc) is 3.23. The summed E-state index contributed by atoms with van der Waals surface area (Å²) in [4.78, 5) is 22.9. The maximum atomic E-state index is 14.7. The van der Waals surface area contributed by atoms with Crippen LogP contribution < -0.4 is 5.69 Å². The summed E-state index contributed by atoms with van der Waals surface area (Å²) in [5, 5.41) is 17.1. The second-order valence-electron chi connectivity index (χ2n) is 8.77. The molecule has 0 saturated carbocycles. The molecule has 0 bridgehead atoms. The number of nitrogens with zero attached hydrogens (tertiary/aromatic N) is 3. The lowest BCUT2D eigenvalue weighted by Gasteiger charge is -2.18. The number of hydrogen-bond acceptors (Lipinski definition) is 5. The van der Waals surface area contributed by atoms with E-state index in [4.69, 9.17) is 0 Å². The van der Waals surface area contributed by atoms with Gasteiger partial charge in [0.15, 0.2) is 0 Å². The number of halogens is 5.